The van der Waals surface area contributed by atoms with Crippen LogP contribution in [0.25, 0.3) is 44.2 Å². The first-order chi connectivity index (χ1) is 34.2. The Kier molecular flexibility index (Phi) is 8.17. The van der Waals surface area contributed by atoms with Gasteiger partial charge in [0.2, 0.25) is 0 Å². The van der Waals surface area contributed by atoms with Crippen molar-refractivity contribution >= 4 is 39.6 Å². The predicted octanol–water partition coefficient (Wildman–Crippen LogP) is 17.3. The SMILES string of the molecule is c1ccc(-c2ccc(N(c3ccc4c(c3)C3(c5ccccc5Oc5ccccc53)c3ccccc3-4)c3cccc4cc5c(cc34)C3(c4ccccc4Sc4ccccc43)c3ccccc3-5)cc2)cc1. The van der Waals surface area contributed by atoms with E-state index in [9.17, 15) is 0 Å². The number of fused-ring (bicyclic) bond motifs is 19. The summed E-state index contributed by atoms with van der Waals surface area (Å²) >= 11 is 1.89. The minimum absolute atomic E-state index is 0.497. The summed E-state index contributed by atoms with van der Waals surface area (Å²) in [6, 6.07) is 92.4. The van der Waals surface area contributed by atoms with Crippen LogP contribution in [0, 0.1) is 0 Å². The lowest BCUT2D eigenvalue weighted by atomic mass is 9.66. The molecule has 69 heavy (non-hydrogen) atoms. The maximum absolute atomic E-state index is 6.75. The fraction of sp³-hybridized carbons (Fsp3) is 0.0303. The third kappa shape index (κ3) is 5.23. The van der Waals surface area contributed by atoms with E-state index < -0.39 is 10.8 Å². The van der Waals surface area contributed by atoms with Gasteiger partial charge >= 0.3 is 0 Å². The molecule has 0 saturated heterocycles. The van der Waals surface area contributed by atoms with Crippen molar-refractivity contribution in [3.8, 4) is 44.9 Å². The Morgan fingerprint density at radius 2 is 0.812 bits per heavy atom. The molecule has 15 rings (SSSR count). The maximum Gasteiger partial charge on any atom is 0.132 e. The number of anilines is 3. The van der Waals surface area contributed by atoms with E-state index in [1.165, 1.54) is 87.3 Å². The summed E-state index contributed by atoms with van der Waals surface area (Å²) in [4.78, 5) is 5.11. The Morgan fingerprint density at radius 1 is 0.319 bits per heavy atom. The lowest BCUT2D eigenvalue weighted by molar-refractivity contribution is 0.436. The van der Waals surface area contributed by atoms with Gasteiger partial charge in [-0.05, 0) is 139 Å². The van der Waals surface area contributed by atoms with Crippen LogP contribution in [0.2, 0.25) is 0 Å². The van der Waals surface area contributed by atoms with Crippen molar-refractivity contribution in [1.82, 2.24) is 0 Å². The number of rotatable bonds is 4. The van der Waals surface area contributed by atoms with Crippen LogP contribution in [-0.2, 0) is 10.8 Å². The zero-order valence-electron chi connectivity index (χ0n) is 37.4. The zero-order valence-corrected chi connectivity index (χ0v) is 38.3. The van der Waals surface area contributed by atoms with E-state index in [2.05, 4.69) is 254 Å². The fourth-order valence-electron chi connectivity index (χ4n) is 12.6. The fourth-order valence-corrected chi connectivity index (χ4v) is 13.8. The average molecular weight is 896 g/mol. The van der Waals surface area contributed by atoms with Gasteiger partial charge in [0.05, 0.1) is 16.5 Å². The standard InChI is InChI=1S/C66H41NOS/c1-2-17-42(18-3-1)43-33-35-45(36-34-43)67(46-37-38-49-47-20-4-6-22-52(47)65(58(49)40-46)54-24-8-12-29-61(54)68-62-30-13-9-25-55(62)65)60-28-16-19-44-39-51-48-21-5-7-23-53(48)66(59(51)41-50(44)60)56-26-10-14-31-63(56)69-64-32-15-11-27-57(64)66/h1-41H. The molecule has 2 spiro atoms. The summed E-state index contributed by atoms with van der Waals surface area (Å²) in [5, 5.41) is 2.40. The molecule has 0 N–H and O–H groups in total. The third-order valence-electron chi connectivity index (χ3n) is 15.4. The van der Waals surface area contributed by atoms with Crippen molar-refractivity contribution in [3.63, 3.8) is 0 Å². The second kappa shape index (κ2) is 14.6. The topological polar surface area (TPSA) is 12.5 Å². The predicted molar refractivity (Wildman–Crippen MR) is 283 cm³/mol. The lowest BCUT2D eigenvalue weighted by Gasteiger charge is -2.40. The highest BCUT2D eigenvalue weighted by atomic mass is 32.2. The van der Waals surface area contributed by atoms with Gasteiger partial charge in [-0.2, -0.15) is 0 Å². The second-order valence-electron chi connectivity index (χ2n) is 18.7. The molecule has 3 heteroatoms. The first kappa shape index (κ1) is 38.7. The van der Waals surface area contributed by atoms with Gasteiger partial charge in [-0.25, -0.2) is 0 Å². The van der Waals surface area contributed by atoms with Gasteiger partial charge in [0.1, 0.15) is 11.5 Å². The van der Waals surface area contributed by atoms with Crippen LogP contribution in [0.4, 0.5) is 17.1 Å². The van der Waals surface area contributed by atoms with E-state index in [1.54, 1.807) is 0 Å². The molecule has 0 unspecified atom stereocenters. The highest BCUT2D eigenvalue weighted by Gasteiger charge is 2.52. The summed E-state index contributed by atoms with van der Waals surface area (Å²) in [7, 11) is 0. The number of ether oxygens (including phenoxy) is 1. The molecule has 2 aliphatic heterocycles. The summed E-state index contributed by atoms with van der Waals surface area (Å²) < 4.78 is 6.75. The van der Waals surface area contributed by atoms with Gasteiger partial charge in [0, 0.05) is 37.7 Å². The highest BCUT2D eigenvalue weighted by molar-refractivity contribution is 7.99. The largest absolute Gasteiger partial charge is 0.457 e. The van der Waals surface area contributed by atoms with Crippen LogP contribution in [0.3, 0.4) is 0 Å². The van der Waals surface area contributed by atoms with Crippen molar-refractivity contribution in [3.05, 3.63) is 293 Å². The molecular weight excluding hydrogens is 855 g/mol. The molecule has 2 nitrogen and oxygen atoms in total. The molecule has 11 aromatic rings. The minimum Gasteiger partial charge on any atom is -0.457 e. The number of para-hydroxylation sites is 2. The Hall–Kier alpha value is -8.37. The van der Waals surface area contributed by atoms with Gasteiger partial charge < -0.3 is 9.64 Å². The average Bonchev–Trinajstić information content (AvgIpc) is 3.86. The highest BCUT2D eigenvalue weighted by Crippen LogP contribution is 2.65. The number of nitrogens with zero attached hydrogens (tertiary/aromatic N) is 1. The van der Waals surface area contributed by atoms with Crippen LogP contribution >= 0.6 is 11.8 Å². The van der Waals surface area contributed by atoms with Crippen molar-refractivity contribution in [2.24, 2.45) is 0 Å². The molecule has 0 bridgehead atoms. The smallest absolute Gasteiger partial charge is 0.132 e. The van der Waals surface area contributed by atoms with Gasteiger partial charge in [0.25, 0.3) is 0 Å². The zero-order chi connectivity index (χ0) is 45.3. The molecule has 2 heterocycles. The van der Waals surface area contributed by atoms with Crippen LogP contribution in [0.1, 0.15) is 44.5 Å². The Labute approximate surface area is 405 Å². The minimum atomic E-state index is -0.603. The van der Waals surface area contributed by atoms with Gasteiger partial charge in [-0.15, -0.1) is 0 Å². The monoisotopic (exact) mass is 895 g/mol. The second-order valence-corrected chi connectivity index (χ2v) is 19.7. The summed E-state index contributed by atoms with van der Waals surface area (Å²) in [6.07, 6.45) is 0. The van der Waals surface area contributed by atoms with Crippen LogP contribution in [0.15, 0.2) is 259 Å². The molecule has 0 saturated carbocycles. The van der Waals surface area contributed by atoms with E-state index >= 15 is 0 Å². The normalized spacial score (nSPS) is 14.4. The summed E-state index contributed by atoms with van der Waals surface area (Å²) in [5.41, 5.74) is 19.8. The molecule has 0 fully saturated rings. The molecule has 0 aromatic heterocycles. The van der Waals surface area contributed by atoms with E-state index in [1.807, 2.05) is 11.8 Å². The van der Waals surface area contributed by atoms with E-state index in [-0.39, 0.29) is 0 Å². The van der Waals surface area contributed by atoms with E-state index in [4.69, 9.17) is 4.74 Å². The van der Waals surface area contributed by atoms with Crippen LogP contribution in [0.5, 0.6) is 11.5 Å². The van der Waals surface area contributed by atoms with Crippen LogP contribution < -0.4 is 9.64 Å². The molecule has 2 aliphatic carbocycles. The van der Waals surface area contributed by atoms with Crippen LogP contribution in [-0.4, -0.2) is 0 Å². The molecule has 0 atom stereocenters. The Morgan fingerprint density at radius 3 is 1.48 bits per heavy atom. The quantitative estimate of drug-likeness (QED) is 0.175. The van der Waals surface area contributed by atoms with E-state index in [0.29, 0.717) is 0 Å². The molecule has 0 radical (unpaired) electrons. The maximum atomic E-state index is 6.75. The van der Waals surface area contributed by atoms with Gasteiger partial charge in [-0.1, -0.05) is 194 Å². The summed E-state index contributed by atoms with van der Waals surface area (Å²) in [6.45, 7) is 0. The number of hydrogen-bond acceptors (Lipinski definition) is 3. The van der Waals surface area contributed by atoms with Crippen molar-refractivity contribution in [2.75, 3.05) is 4.90 Å². The van der Waals surface area contributed by atoms with Crippen molar-refractivity contribution in [2.45, 2.75) is 20.6 Å². The Bertz CT molecular complexity index is 3840. The lowest BCUT2D eigenvalue weighted by Crippen LogP contribution is -2.32. The molecule has 322 valence electrons. The third-order valence-corrected chi connectivity index (χ3v) is 16.5. The number of benzene rings is 11. The Balaban J connectivity index is 1.01. The van der Waals surface area contributed by atoms with Gasteiger partial charge in [-0.3, -0.25) is 0 Å². The molecule has 4 aliphatic rings. The number of hydrogen-bond donors (Lipinski definition) is 0. The van der Waals surface area contributed by atoms with Gasteiger partial charge in [0.15, 0.2) is 0 Å². The van der Waals surface area contributed by atoms with Crippen molar-refractivity contribution in [1.29, 1.82) is 0 Å². The first-order valence-corrected chi connectivity index (χ1v) is 24.6. The first-order valence-electron chi connectivity index (χ1n) is 23.8. The van der Waals surface area contributed by atoms with Crippen molar-refractivity contribution < 1.29 is 4.74 Å². The molecule has 11 aromatic carbocycles. The summed E-state index contributed by atoms with van der Waals surface area (Å²) in [5.74, 6) is 1.78. The molecule has 0 amide bonds. The molecular formula is C66H41NOS. The van der Waals surface area contributed by atoms with E-state index in [0.717, 1.165) is 39.7 Å².